The molecular formula is C18H13NO4S3. The molecule has 0 spiro atoms. The molecule has 1 aromatic carbocycles. The summed E-state index contributed by atoms with van der Waals surface area (Å²) in [6.07, 6.45) is 0. The molecule has 0 atom stereocenters. The highest BCUT2D eigenvalue weighted by molar-refractivity contribution is 7.93. The van der Waals surface area contributed by atoms with Crippen LogP contribution in [0.5, 0.6) is 0 Å². The second-order valence-corrected chi connectivity index (χ2v) is 8.53. The maximum absolute atomic E-state index is 12.6. The number of thiophene rings is 2. The number of hydrogen-bond acceptors (Lipinski definition) is 6. The van der Waals surface area contributed by atoms with Gasteiger partial charge in [-0.2, -0.15) is 0 Å². The summed E-state index contributed by atoms with van der Waals surface area (Å²) in [6.45, 7) is 0. The van der Waals surface area contributed by atoms with Crippen LogP contribution in [0.1, 0.15) is 20.1 Å². The van der Waals surface area contributed by atoms with Gasteiger partial charge in [0.05, 0.1) is 17.7 Å². The first-order valence-electron chi connectivity index (χ1n) is 7.34. The van der Waals surface area contributed by atoms with Gasteiger partial charge in [-0.1, -0.05) is 24.0 Å². The van der Waals surface area contributed by atoms with Crippen molar-refractivity contribution in [2.75, 3.05) is 11.8 Å². The second kappa shape index (κ2) is 7.74. The van der Waals surface area contributed by atoms with E-state index >= 15 is 0 Å². The summed E-state index contributed by atoms with van der Waals surface area (Å²) >= 11 is 2.55. The molecule has 132 valence electrons. The number of esters is 1. The summed E-state index contributed by atoms with van der Waals surface area (Å²) in [5, 5.41) is 3.47. The van der Waals surface area contributed by atoms with Crippen molar-refractivity contribution in [3.8, 4) is 11.8 Å². The number of ether oxygens (including phenoxy) is 1. The topological polar surface area (TPSA) is 72.5 Å². The Balaban J connectivity index is 1.86. The lowest BCUT2D eigenvalue weighted by molar-refractivity contribution is 0.0602. The number of anilines is 1. The number of carbonyl (C=O) groups excluding carboxylic acids is 1. The minimum atomic E-state index is -3.92. The number of methoxy groups -OCH3 is 1. The van der Waals surface area contributed by atoms with Gasteiger partial charge in [-0.25, -0.2) is 13.2 Å². The normalized spacial score (nSPS) is 10.7. The van der Waals surface area contributed by atoms with Gasteiger partial charge >= 0.3 is 5.97 Å². The van der Waals surface area contributed by atoms with Crippen molar-refractivity contribution in [3.05, 3.63) is 68.5 Å². The Bertz CT molecular complexity index is 1090. The molecule has 26 heavy (non-hydrogen) atoms. The van der Waals surface area contributed by atoms with Crippen LogP contribution in [-0.2, 0) is 14.8 Å². The fourth-order valence-electron chi connectivity index (χ4n) is 2.10. The quantitative estimate of drug-likeness (QED) is 0.531. The van der Waals surface area contributed by atoms with Gasteiger partial charge in [0.25, 0.3) is 10.0 Å². The third kappa shape index (κ3) is 4.14. The Kier molecular flexibility index (Phi) is 5.42. The van der Waals surface area contributed by atoms with Gasteiger partial charge in [-0.05, 0) is 41.1 Å². The van der Waals surface area contributed by atoms with Gasteiger partial charge in [0.1, 0.15) is 9.77 Å². The molecule has 0 unspecified atom stereocenters. The van der Waals surface area contributed by atoms with Gasteiger partial charge in [0.15, 0.2) is 0 Å². The molecule has 0 amide bonds. The zero-order valence-corrected chi connectivity index (χ0v) is 16.0. The Morgan fingerprint density at radius 3 is 2.65 bits per heavy atom. The predicted molar refractivity (Wildman–Crippen MR) is 103 cm³/mol. The molecule has 0 fully saturated rings. The Morgan fingerprint density at radius 2 is 1.92 bits per heavy atom. The minimum absolute atomic E-state index is 0.0358. The molecule has 0 aliphatic heterocycles. The van der Waals surface area contributed by atoms with Crippen molar-refractivity contribution >= 4 is 44.4 Å². The predicted octanol–water partition coefficient (Wildman–Crippen LogP) is 3.80. The van der Waals surface area contributed by atoms with E-state index < -0.39 is 16.0 Å². The third-order valence-electron chi connectivity index (χ3n) is 3.26. The fraction of sp³-hybridized carbons (Fsp3) is 0.0556. The van der Waals surface area contributed by atoms with Gasteiger partial charge in [-0.3, -0.25) is 4.72 Å². The van der Waals surface area contributed by atoms with Crippen LogP contribution >= 0.6 is 22.7 Å². The van der Waals surface area contributed by atoms with Crippen molar-refractivity contribution < 1.29 is 17.9 Å². The first-order valence-corrected chi connectivity index (χ1v) is 10.6. The average molecular weight is 404 g/mol. The first-order chi connectivity index (χ1) is 12.5. The van der Waals surface area contributed by atoms with E-state index in [0.717, 1.165) is 16.2 Å². The lowest BCUT2D eigenvalue weighted by Crippen LogP contribution is -2.15. The summed E-state index contributed by atoms with van der Waals surface area (Å²) < 4.78 is 32.3. The molecular weight excluding hydrogens is 390 g/mol. The van der Waals surface area contributed by atoms with E-state index in [1.165, 1.54) is 29.9 Å². The molecule has 0 saturated carbocycles. The molecule has 3 rings (SSSR count). The van der Waals surface area contributed by atoms with E-state index in [-0.39, 0.29) is 9.77 Å². The largest absolute Gasteiger partial charge is 0.465 e. The summed E-state index contributed by atoms with van der Waals surface area (Å²) in [4.78, 5) is 12.6. The number of carbonyl (C=O) groups is 1. The molecule has 3 aromatic rings. The summed E-state index contributed by atoms with van der Waals surface area (Å²) in [5.74, 6) is 5.34. The number of sulfonamides is 1. The monoisotopic (exact) mass is 403 g/mol. The van der Waals surface area contributed by atoms with Crippen LogP contribution in [0.4, 0.5) is 5.69 Å². The summed E-state index contributed by atoms with van der Waals surface area (Å²) in [7, 11) is -2.71. The van der Waals surface area contributed by atoms with Gasteiger partial charge in [0, 0.05) is 5.56 Å². The Morgan fingerprint density at radius 1 is 1.08 bits per heavy atom. The van der Waals surface area contributed by atoms with E-state index in [0.29, 0.717) is 11.3 Å². The highest BCUT2D eigenvalue weighted by Crippen LogP contribution is 2.25. The van der Waals surface area contributed by atoms with E-state index in [1.807, 2.05) is 17.5 Å². The first kappa shape index (κ1) is 18.2. The maximum atomic E-state index is 12.6. The second-order valence-electron chi connectivity index (χ2n) is 5.02. The Labute approximate surface area is 159 Å². The average Bonchev–Trinajstić information content (AvgIpc) is 3.31. The SMILES string of the molecule is COC(=O)c1sccc1S(=O)(=O)Nc1cccc(C#Cc2cccs2)c1. The van der Waals surface area contributed by atoms with Crippen molar-refractivity contribution in [2.24, 2.45) is 0 Å². The molecule has 0 radical (unpaired) electrons. The maximum Gasteiger partial charge on any atom is 0.349 e. The highest BCUT2D eigenvalue weighted by Gasteiger charge is 2.24. The molecule has 0 saturated heterocycles. The highest BCUT2D eigenvalue weighted by atomic mass is 32.2. The lowest BCUT2D eigenvalue weighted by Gasteiger charge is -2.08. The molecule has 8 heteroatoms. The standard InChI is InChI=1S/C18H13NO4S3/c1-23-18(20)17-16(9-11-25-17)26(21,22)19-14-5-2-4-13(12-14)7-8-15-6-3-10-24-15/h2-6,9-12,19H,1H3. The number of hydrogen-bond donors (Lipinski definition) is 1. The van der Waals surface area contributed by atoms with Crippen molar-refractivity contribution in [1.82, 2.24) is 0 Å². The van der Waals surface area contributed by atoms with E-state index in [9.17, 15) is 13.2 Å². The fourth-order valence-corrected chi connectivity index (χ4v) is 5.06. The molecule has 2 heterocycles. The number of rotatable bonds is 4. The zero-order valence-electron chi connectivity index (χ0n) is 13.6. The summed E-state index contributed by atoms with van der Waals surface area (Å²) in [5.41, 5.74) is 1.04. The van der Waals surface area contributed by atoms with Crippen LogP contribution in [0.3, 0.4) is 0 Å². The molecule has 0 aliphatic carbocycles. The molecule has 0 bridgehead atoms. The van der Waals surface area contributed by atoms with Gasteiger partial charge < -0.3 is 4.74 Å². The molecule has 0 aliphatic rings. The Hall–Kier alpha value is -2.60. The van der Waals surface area contributed by atoms with Crippen molar-refractivity contribution in [1.29, 1.82) is 0 Å². The smallest absolute Gasteiger partial charge is 0.349 e. The van der Waals surface area contributed by atoms with Crippen LogP contribution in [-0.4, -0.2) is 21.5 Å². The van der Waals surface area contributed by atoms with Gasteiger partial charge in [-0.15, -0.1) is 22.7 Å². The van der Waals surface area contributed by atoms with Crippen molar-refractivity contribution in [3.63, 3.8) is 0 Å². The molecule has 5 nitrogen and oxygen atoms in total. The summed E-state index contributed by atoms with van der Waals surface area (Å²) in [6, 6.07) is 12.0. The van der Waals surface area contributed by atoms with Gasteiger partial charge in [0.2, 0.25) is 0 Å². The zero-order chi connectivity index (χ0) is 18.6. The van der Waals surface area contributed by atoms with Crippen LogP contribution in [0.2, 0.25) is 0 Å². The third-order valence-corrected chi connectivity index (χ3v) is 6.49. The van der Waals surface area contributed by atoms with Crippen molar-refractivity contribution in [2.45, 2.75) is 4.90 Å². The molecule has 1 N–H and O–H groups in total. The van der Waals surface area contributed by atoms with E-state index in [4.69, 9.17) is 0 Å². The number of nitrogens with one attached hydrogen (secondary N) is 1. The van der Waals surface area contributed by atoms with Crippen LogP contribution in [0, 0.1) is 11.8 Å². The van der Waals surface area contributed by atoms with E-state index in [2.05, 4.69) is 21.3 Å². The molecule has 2 aromatic heterocycles. The van der Waals surface area contributed by atoms with Crippen LogP contribution < -0.4 is 4.72 Å². The lowest BCUT2D eigenvalue weighted by atomic mass is 10.2. The minimum Gasteiger partial charge on any atom is -0.465 e. The van der Waals surface area contributed by atoms with Crippen LogP contribution in [0.25, 0.3) is 0 Å². The van der Waals surface area contributed by atoms with Crippen LogP contribution in [0.15, 0.2) is 58.1 Å². The van der Waals surface area contributed by atoms with E-state index in [1.54, 1.807) is 24.3 Å². The number of benzene rings is 1.